The summed E-state index contributed by atoms with van der Waals surface area (Å²) >= 11 is 0. The number of imide groups is 1. The summed E-state index contributed by atoms with van der Waals surface area (Å²) in [6.07, 6.45) is 9.89. The molecule has 1 saturated carbocycles. The van der Waals surface area contributed by atoms with Crippen molar-refractivity contribution in [1.29, 1.82) is 0 Å². The molecule has 2 amide bonds. The van der Waals surface area contributed by atoms with Crippen molar-refractivity contribution in [2.75, 3.05) is 6.54 Å². The van der Waals surface area contributed by atoms with Crippen molar-refractivity contribution < 1.29 is 9.59 Å². The van der Waals surface area contributed by atoms with Crippen LogP contribution in [0.15, 0.2) is 12.2 Å². The monoisotopic (exact) mass is 275 g/mol. The average molecular weight is 275 g/mol. The van der Waals surface area contributed by atoms with E-state index in [2.05, 4.69) is 26.0 Å². The maximum Gasteiger partial charge on any atom is 0.233 e. The molecular weight excluding hydrogens is 250 g/mol. The number of unbranched alkanes of at least 4 members (excludes halogenated alkanes) is 1. The Morgan fingerprint density at radius 3 is 2.25 bits per heavy atom. The lowest BCUT2D eigenvalue weighted by Gasteiger charge is -2.23. The maximum atomic E-state index is 12.6. The Bertz CT molecular complexity index is 412. The zero-order valence-electron chi connectivity index (χ0n) is 12.5. The van der Waals surface area contributed by atoms with Crippen molar-refractivity contribution in [3.05, 3.63) is 12.2 Å². The van der Waals surface area contributed by atoms with E-state index < -0.39 is 0 Å². The summed E-state index contributed by atoms with van der Waals surface area (Å²) in [6, 6.07) is 0. The maximum absolute atomic E-state index is 12.6. The number of hydrogen-bond donors (Lipinski definition) is 0. The van der Waals surface area contributed by atoms with Crippen LogP contribution in [-0.4, -0.2) is 23.3 Å². The van der Waals surface area contributed by atoms with Gasteiger partial charge in [0.15, 0.2) is 0 Å². The number of fused-ring (bicyclic) bond motifs is 5. The molecule has 3 nitrogen and oxygen atoms in total. The van der Waals surface area contributed by atoms with Gasteiger partial charge in [0.1, 0.15) is 0 Å². The number of nitrogens with zero attached hydrogens (tertiary/aromatic N) is 1. The number of carbonyl (C=O) groups excluding carboxylic acids is 2. The van der Waals surface area contributed by atoms with Crippen LogP contribution in [-0.2, 0) is 9.59 Å². The van der Waals surface area contributed by atoms with Crippen molar-refractivity contribution in [3.63, 3.8) is 0 Å². The van der Waals surface area contributed by atoms with Crippen LogP contribution in [0.3, 0.4) is 0 Å². The summed E-state index contributed by atoms with van der Waals surface area (Å²) in [6.45, 7) is 5.00. The van der Waals surface area contributed by atoms with E-state index in [1.54, 1.807) is 4.90 Å². The zero-order chi connectivity index (χ0) is 14.3. The normalized spacial score (nSPS) is 36.0. The summed E-state index contributed by atoms with van der Waals surface area (Å²) in [5.41, 5.74) is 0. The van der Waals surface area contributed by atoms with Gasteiger partial charge in [0.2, 0.25) is 11.8 Å². The summed E-state index contributed by atoms with van der Waals surface area (Å²) in [5, 5.41) is 0. The van der Waals surface area contributed by atoms with Gasteiger partial charge in [-0.2, -0.15) is 0 Å². The number of amides is 2. The third-order valence-electron chi connectivity index (χ3n) is 5.55. The highest BCUT2D eigenvalue weighted by Crippen LogP contribution is 2.52. The lowest BCUT2D eigenvalue weighted by Crippen LogP contribution is -2.37. The Morgan fingerprint density at radius 1 is 1.15 bits per heavy atom. The molecule has 3 rings (SSSR count). The second kappa shape index (κ2) is 5.34. The fourth-order valence-electron chi connectivity index (χ4n) is 4.32. The molecule has 3 heteroatoms. The predicted octanol–water partition coefficient (Wildman–Crippen LogP) is 3.01. The van der Waals surface area contributed by atoms with E-state index in [1.165, 1.54) is 12.8 Å². The van der Waals surface area contributed by atoms with E-state index in [0.717, 1.165) is 19.3 Å². The number of hydrogen-bond acceptors (Lipinski definition) is 2. The van der Waals surface area contributed by atoms with Crippen LogP contribution in [0.5, 0.6) is 0 Å². The molecule has 5 atom stereocenters. The van der Waals surface area contributed by atoms with E-state index in [1.807, 2.05) is 0 Å². The van der Waals surface area contributed by atoms with Crippen LogP contribution < -0.4 is 0 Å². The fraction of sp³-hybridized carbons (Fsp3) is 0.765. The lowest BCUT2D eigenvalue weighted by atomic mass is 9.85. The van der Waals surface area contributed by atoms with Crippen molar-refractivity contribution in [1.82, 2.24) is 4.90 Å². The SMILES string of the molecule is CCCC[C@@H](CC)CN1C(=O)[C@@H]2[C@H](C1=O)[C@H]1C=C[C@H]2C1. The standard InChI is InChI=1S/C17H25NO2/c1-3-5-6-11(4-2)10-18-16(19)14-12-7-8-13(9-12)15(14)17(18)20/h7-8,11-15H,3-6,9-10H2,1-2H3/t11-,12+,13+,14-,15+/m1/s1. The summed E-state index contributed by atoms with van der Waals surface area (Å²) in [4.78, 5) is 26.8. The highest BCUT2D eigenvalue weighted by Gasteiger charge is 2.59. The van der Waals surface area contributed by atoms with Crippen LogP contribution in [0, 0.1) is 29.6 Å². The zero-order valence-corrected chi connectivity index (χ0v) is 12.5. The van der Waals surface area contributed by atoms with E-state index in [9.17, 15) is 9.59 Å². The predicted molar refractivity (Wildman–Crippen MR) is 77.7 cm³/mol. The largest absolute Gasteiger partial charge is 0.282 e. The molecule has 110 valence electrons. The first-order chi connectivity index (χ1) is 9.67. The highest BCUT2D eigenvalue weighted by atomic mass is 16.2. The third-order valence-corrected chi connectivity index (χ3v) is 5.55. The smallest absolute Gasteiger partial charge is 0.233 e. The minimum atomic E-state index is -0.0267. The van der Waals surface area contributed by atoms with Gasteiger partial charge >= 0.3 is 0 Å². The molecule has 2 aliphatic carbocycles. The molecule has 0 unspecified atom stereocenters. The Balaban J connectivity index is 1.70. The Labute approximate surface area is 121 Å². The van der Waals surface area contributed by atoms with Gasteiger partial charge in [-0.1, -0.05) is 45.3 Å². The molecule has 0 radical (unpaired) electrons. The van der Waals surface area contributed by atoms with E-state index in [4.69, 9.17) is 0 Å². The molecular formula is C17H25NO2. The summed E-state index contributed by atoms with van der Waals surface area (Å²) in [5.74, 6) is 1.33. The van der Waals surface area contributed by atoms with Crippen molar-refractivity contribution >= 4 is 11.8 Å². The first kappa shape index (κ1) is 13.8. The highest BCUT2D eigenvalue weighted by molar-refractivity contribution is 6.06. The molecule has 1 heterocycles. The van der Waals surface area contributed by atoms with Gasteiger partial charge in [-0.25, -0.2) is 0 Å². The summed E-state index contributed by atoms with van der Waals surface area (Å²) in [7, 11) is 0. The van der Waals surface area contributed by atoms with Crippen LogP contribution >= 0.6 is 0 Å². The molecule has 0 N–H and O–H groups in total. The molecule has 1 aliphatic heterocycles. The molecule has 2 bridgehead atoms. The molecule has 1 saturated heterocycles. The number of allylic oxidation sites excluding steroid dienone is 2. The van der Waals surface area contributed by atoms with E-state index in [-0.39, 0.29) is 23.7 Å². The molecule has 2 fully saturated rings. The molecule has 0 aromatic heterocycles. The number of likely N-dealkylation sites (tertiary alicyclic amines) is 1. The van der Waals surface area contributed by atoms with Crippen LogP contribution in [0.25, 0.3) is 0 Å². The van der Waals surface area contributed by atoms with Gasteiger partial charge in [0.25, 0.3) is 0 Å². The first-order valence-electron chi connectivity index (χ1n) is 8.20. The topological polar surface area (TPSA) is 37.4 Å². The van der Waals surface area contributed by atoms with Crippen molar-refractivity contribution in [2.24, 2.45) is 29.6 Å². The Morgan fingerprint density at radius 2 is 1.75 bits per heavy atom. The van der Waals surface area contributed by atoms with Crippen LogP contribution in [0.4, 0.5) is 0 Å². The van der Waals surface area contributed by atoms with Crippen LogP contribution in [0.1, 0.15) is 46.0 Å². The van der Waals surface area contributed by atoms with E-state index in [0.29, 0.717) is 24.3 Å². The van der Waals surface area contributed by atoms with Gasteiger partial charge in [0.05, 0.1) is 11.8 Å². The quantitative estimate of drug-likeness (QED) is 0.552. The van der Waals surface area contributed by atoms with Crippen molar-refractivity contribution in [2.45, 2.75) is 46.0 Å². The molecule has 0 spiro atoms. The van der Waals surface area contributed by atoms with Gasteiger partial charge in [-0.15, -0.1) is 0 Å². The van der Waals surface area contributed by atoms with Gasteiger partial charge in [0, 0.05) is 6.54 Å². The Hall–Kier alpha value is -1.12. The second-order valence-electron chi connectivity index (χ2n) is 6.70. The number of rotatable bonds is 6. The minimum absolute atomic E-state index is 0.0267. The number of carbonyl (C=O) groups is 2. The average Bonchev–Trinajstić information content (AvgIpc) is 3.12. The minimum Gasteiger partial charge on any atom is -0.282 e. The van der Waals surface area contributed by atoms with Crippen molar-refractivity contribution in [3.8, 4) is 0 Å². The van der Waals surface area contributed by atoms with Gasteiger partial charge in [-0.05, 0) is 30.6 Å². The van der Waals surface area contributed by atoms with Gasteiger partial charge in [-0.3, -0.25) is 14.5 Å². The first-order valence-corrected chi connectivity index (χ1v) is 8.20. The van der Waals surface area contributed by atoms with Crippen LogP contribution in [0.2, 0.25) is 0 Å². The summed E-state index contributed by atoms with van der Waals surface area (Å²) < 4.78 is 0. The molecule has 0 aromatic rings. The van der Waals surface area contributed by atoms with Gasteiger partial charge < -0.3 is 0 Å². The Kier molecular flexibility index (Phi) is 3.70. The molecule has 3 aliphatic rings. The lowest BCUT2D eigenvalue weighted by molar-refractivity contribution is -0.141. The van der Waals surface area contributed by atoms with E-state index >= 15 is 0 Å². The second-order valence-corrected chi connectivity index (χ2v) is 6.70. The third kappa shape index (κ3) is 2.02. The fourth-order valence-corrected chi connectivity index (χ4v) is 4.32. The molecule has 0 aromatic carbocycles. The molecule has 20 heavy (non-hydrogen) atoms.